The van der Waals surface area contributed by atoms with Gasteiger partial charge in [0.15, 0.2) is 5.65 Å². The second-order valence-electron chi connectivity index (χ2n) is 5.48. The fourth-order valence-corrected chi connectivity index (χ4v) is 1.69. The van der Waals surface area contributed by atoms with Crippen molar-refractivity contribution in [3.05, 3.63) is 29.2 Å². The van der Waals surface area contributed by atoms with Gasteiger partial charge in [0.05, 0.1) is 11.8 Å². The van der Waals surface area contributed by atoms with E-state index in [1.54, 1.807) is 4.52 Å². The summed E-state index contributed by atoms with van der Waals surface area (Å²) in [5, 5.41) is 4.16. The first-order chi connectivity index (χ1) is 8.78. The van der Waals surface area contributed by atoms with Crippen molar-refractivity contribution in [2.75, 3.05) is 0 Å². The maximum atomic E-state index is 12.1. The first-order valence-electron chi connectivity index (χ1n) is 6.08. The predicted molar refractivity (Wildman–Crippen MR) is 70.8 cm³/mol. The Hall–Kier alpha value is -1.95. The highest BCUT2D eigenvalue weighted by Gasteiger charge is 2.18. The van der Waals surface area contributed by atoms with Gasteiger partial charge in [-0.15, -0.1) is 0 Å². The fraction of sp³-hybridized carbons (Fsp3) is 0.462. The Balaban J connectivity index is 2.33. The molecule has 2 aromatic heterocycles. The van der Waals surface area contributed by atoms with E-state index in [1.165, 1.54) is 6.20 Å². The molecule has 0 aliphatic rings. The lowest BCUT2D eigenvalue weighted by atomic mass is 10.2. The summed E-state index contributed by atoms with van der Waals surface area (Å²) >= 11 is 0. The maximum absolute atomic E-state index is 12.1. The van der Waals surface area contributed by atoms with Gasteiger partial charge in [0, 0.05) is 11.4 Å². The Morgan fingerprint density at radius 3 is 2.68 bits per heavy atom. The molecule has 2 rings (SSSR count). The smallest absolute Gasteiger partial charge is 0.268 e. The molecule has 0 saturated heterocycles. The zero-order valence-electron chi connectivity index (χ0n) is 11.8. The number of carbonyl (C=O) groups is 1. The zero-order chi connectivity index (χ0) is 14.2. The predicted octanol–water partition coefficient (Wildman–Crippen LogP) is 1.81. The molecule has 0 unspecified atom stereocenters. The quantitative estimate of drug-likeness (QED) is 0.838. The Labute approximate surface area is 111 Å². The van der Waals surface area contributed by atoms with Crippen molar-refractivity contribution in [1.29, 1.82) is 0 Å². The van der Waals surface area contributed by atoms with Gasteiger partial charge >= 0.3 is 0 Å². The number of fused-ring (bicyclic) bond motifs is 1. The molecular weight excluding hydrogens is 244 g/mol. The monoisotopic (exact) mass is 262 g/mol. The van der Waals surface area contributed by atoms with E-state index < -0.39 is 5.60 Å². The molecule has 0 spiro atoms. The van der Waals surface area contributed by atoms with Crippen LogP contribution in [-0.2, 0) is 4.84 Å². The van der Waals surface area contributed by atoms with E-state index in [0.717, 1.165) is 11.4 Å². The third-order valence-electron chi connectivity index (χ3n) is 2.47. The van der Waals surface area contributed by atoms with E-state index in [9.17, 15) is 4.79 Å². The molecule has 0 atom stereocenters. The van der Waals surface area contributed by atoms with Crippen LogP contribution in [0.25, 0.3) is 5.65 Å². The lowest BCUT2D eigenvalue weighted by Gasteiger charge is -2.18. The standard InChI is InChI=1S/C13H18N4O2/c1-8-6-9(2)17-11(15-8)10(7-14-17)12(18)16-19-13(3,4)5/h6-7H,1-5H3,(H,16,18). The van der Waals surface area contributed by atoms with Crippen molar-refractivity contribution in [2.24, 2.45) is 0 Å². The summed E-state index contributed by atoms with van der Waals surface area (Å²) in [5.74, 6) is -0.345. The molecule has 102 valence electrons. The average molecular weight is 262 g/mol. The number of rotatable bonds is 2. The van der Waals surface area contributed by atoms with E-state index in [0.29, 0.717) is 11.2 Å². The Kier molecular flexibility index (Phi) is 3.28. The van der Waals surface area contributed by atoms with E-state index in [2.05, 4.69) is 15.6 Å². The van der Waals surface area contributed by atoms with Gasteiger partial charge < -0.3 is 0 Å². The van der Waals surface area contributed by atoms with Gasteiger partial charge in [-0.25, -0.2) is 15.0 Å². The molecule has 19 heavy (non-hydrogen) atoms. The number of aromatic nitrogens is 3. The van der Waals surface area contributed by atoms with E-state index in [1.807, 2.05) is 40.7 Å². The number of nitrogens with one attached hydrogen (secondary N) is 1. The number of hydroxylamine groups is 1. The zero-order valence-corrected chi connectivity index (χ0v) is 11.8. The normalized spacial score (nSPS) is 11.8. The van der Waals surface area contributed by atoms with Crippen molar-refractivity contribution < 1.29 is 9.63 Å². The molecular formula is C13H18N4O2. The van der Waals surface area contributed by atoms with Gasteiger partial charge in [0.2, 0.25) is 0 Å². The number of hydrogen-bond acceptors (Lipinski definition) is 4. The van der Waals surface area contributed by atoms with E-state index >= 15 is 0 Å². The topological polar surface area (TPSA) is 68.5 Å². The second-order valence-corrected chi connectivity index (χ2v) is 5.48. The number of hydrogen-bond donors (Lipinski definition) is 1. The number of amides is 1. The Morgan fingerprint density at radius 1 is 1.37 bits per heavy atom. The minimum absolute atomic E-state index is 0.345. The van der Waals surface area contributed by atoms with Crippen LogP contribution >= 0.6 is 0 Å². The van der Waals surface area contributed by atoms with Crippen molar-refractivity contribution in [3.8, 4) is 0 Å². The molecule has 0 saturated carbocycles. The van der Waals surface area contributed by atoms with Crippen molar-refractivity contribution >= 4 is 11.6 Å². The fourth-order valence-electron chi connectivity index (χ4n) is 1.69. The van der Waals surface area contributed by atoms with E-state index in [-0.39, 0.29) is 5.91 Å². The van der Waals surface area contributed by atoms with Crippen LogP contribution < -0.4 is 5.48 Å². The molecule has 0 aromatic carbocycles. The second kappa shape index (κ2) is 4.62. The molecule has 0 aliphatic carbocycles. The SMILES string of the molecule is Cc1cc(C)n2ncc(C(=O)NOC(C)(C)C)c2n1. The van der Waals surface area contributed by atoms with Gasteiger partial charge in [0.25, 0.3) is 5.91 Å². The molecule has 2 heterocycles. The van der Waals surface area contributed by atoms with Crippen LogP contribution in [0.15, 0.2) is 12.3 Å². The molecule has 0 aliphatic heterocycles. The minimum atomic E-state index is -0.447. The average Bonchev–Trinajstić information content (AvgIpc) is 2.68. The van der Waals surface area contributed by atoms with Gasteiger partial charge in [0.1, 0.15) is 5.56 Å². The minimum Gasteiger partial charge on any atom is -0.268 e. The molecule has 0 bridgehead atoms. The molecule has 0 fully saturated rings. The Bertz CT molecular complexity index is 625. The third kappa shape index (κ3) is 2.90. The molecule has 2 aromatic rings. The highest BCUT2D eigenvalue weighted by Crippen LogP contribution is 2.12. The van der Waals surface area contributed by atoms with Crippen molar-refractivity contribution in [3.63, 3.8) is 0 Å². The van der Waals surface area contributed by atoms with Crippen LogP contribution in [0.2, 0.25) is 0 Å². The number of carbonyl (C=O) groups excluding carboxylic acids is 1. The van der Waals surface area contributed by atoms with Crippen molar-refractivity contribution in [1.82, 2.24) is 20.1 Å². The van der Waals surface area contributed by atoms with E-state index in [4.69, 9.17) is 4.84 Å². The third-order valence-corrected chi connectivity index (χ3v) is 2.47. The summed E-state index contributed by atoms with van der Waals surface area (Å²) in [6.45, 7) is 9.37. The maximum Gasteiger partial charge on any atom is 0.280 e. The Morgan fingerprint density at radius 2 is 2.05 bits per heavy atom. The molecule has 1 N–H and O–H groups in total. The summed E-state index contributed by atoms with van der Waals surface area (Å²) in [6.07, 6.45) is 1.50. The highest BCUT2D eigenvalue weighted by atomic mass is 16.7. The first-order valence-corrected chi connectivity index (χ1v) is 6.08. The molecule has 6 nitrogen and oxygen atoms in total. The van der Waals surface area contributed by atoms with Gasteiger partial charge in [-0.2, -0.15) is 5.10 Å². The van der Waals surface area contributed by atoms with Crippen molar-refractivity contribution in [2.45, 2.75) is 40.2 Å². The summed E-state index contributed by atoms with van der Waals surface area (Å²) < 4.78 is 1.64. The van der Waals surface area contributed by atoms with Gasteiger partial charge in [-0.05, 0) is 40.7 Å². The van der Waals surface area contributed by atoms with Crippen LogP contribution in [0.5, 0.6) is 0 Å². The van der Waals surface area contributed by atoms with Gasteiger partial charge in [-0.3, -0.25) is 9.63 Å². The summed E-state index contributed by atoms with van der Waals surface area (Å²) in [6, 6.07) is 1.91. The van der Waals surface area contributed by atoms with Crippen LogP contribution in [0, 0.1) is 13.8 Å². The summed E-state index contributed by atoms with van der Waals surface area (Å²) in [5.41, 5.74) is 4.68. The van der Waals surface area contributed by atoms with Crippen LogP contribution in [-0.4, -0.2) is 26.1 Å². The molecule has 1 amide bonds. The van der Waals surface area contributed by atoms with Gasteiger partial charge in [-0.1, -0.05) is 0 Å². The summed E-state index contributed by atoms with van der Waals surface area (Å²) in [4.78, 5) is 21.7. The van der Waals surface area contributed by atoms with Crippen LogP contribution in [0.1, 0.15) is 42.5 Å². The molecule has 6 heteroatoms. The largest absolute Gasteiger partial charge is 0.280 e. The first kappa shape index (κ1) is 13.5. The summed E-state index contributed by atoms with van der Waals surface area (Å²) in [7, 11) is 0. The lowest BCUT2D eigenvalue weighted by Crippen LogP contribution is -2.33. The molecule has 0 radical (unpaired) electrons. The number of nitrogens with zero attached hydrogens (tertiary/aromatic N) is 3. The highest BCUT2D eigenvalue weighted by molar-refractivity contribution is 5.99. The number of aryl methyl sites for hydroxylation is 2. The lowest BCUT2D eigenvalue weighted by molar-refractivity contribution is -0.0589. The van der Waals surface area contributed by atoms with Crippen LogP contribution in [0.3, 0.4) is 0 Å². The van der Waals surface area contributed by atoms with Crippen LogP contribution in [0.4, 0.5) is 0 Å².